The Kier molecular flexibility index (Phi) is 4.26. The number of benzene rings is 1. The molecule has 0 saturated heterocycles. The summed E-state index contributed by atoms with van der Waals surface area (Å²) in [5.74, 6) is 2.40. The number of aromatic nitrogens is 2. The standard InChI is InChI=1S/C20H19N3O2S/c1-13-6-9-18-22-19(17-5-4-10-26-17)20(23(18)12-13)21-15-11-14(24-2)7-8-16(15)25-3/h4-12,21H,1-3H3. The smallest absolute Gasteiger partial charge is 0.144 e. The van der Waals surface area contributed by atoms with E-state index >= 15 is 0 Å². The van der Waals surface area contributed by atoms with Gasteiger partial charge in [0.25, 0.3) is 0 Å². The lowest BCUT2D eigenvalue weighted by Gasteiger charge is -2.13. The van der Waals surface area contributed by atoms with Crippen molar-refractivity contribution in [1.82, 2.24) is 9.38 Å². The van der Waals surface area contributed by atoms with Gasteiger partial charge in [0.1, 0.15) is 28.7 Å². The van der Waals surface area contributed by atoms with Crippen LogP contribution in [0.3, 0.4) is 0 Å². The highest BCUT2D eigenvalue weighted by Gasteiger charge is 2.17. The third kappa shape index (κ3) is 2.88. The van der Waals surface area contributed by atoms with E-state index < -0.39 is 0 Å². The fourth-order valence-electron chi connectivity index (χ4n) is 2.89. The molecule has 1 aromatic carbocycles. The van der Waals surface area contributed by atoms with E-state index in [-0.39, 0.29) is 0 Å². The lowest BCUT2D eigenvalue weighted by atomic mass is 10.2. The van der Waals surface area contributed by atoms with Crippen molar-refractivity contribution < 1.29 is 9.47 Å². The number of nitrogens with one attached hydrogen (secondary N) is 1. The molecule has 3 aromatic heterocycles. The number of ether oxygens (including phenoxy) is 2. The fourth-order valence-corrected chi connectivity index (χ4v) is 3.61. The fraction of sp³-hybridized carbons (Fsp3) is 0.150. The zero-order chi connectivity index (χ0) is 18.1. The van der Waals surface area contributed by atoms with Crippen molar-refractivity contribution in [2.24, 2.45) is 0 Å². The monoisotopic (exact) mass is 365 g/mol. The third-order valence-corrected chi connectivity index (χ3v) is 5.06. The average molecular weight is 365 g/mol. The molecule has 4 rings (SSSR count). The summed E-state index contributed by atoms with van der Waals surface area (Å²) in [4.78, 5) is 5.94. The van der Waals surface area contributed by atoms with Crippen LogP contribution in [0.1, 0.15) is 5.56 Å². The van der Waals surface area contributed by atoms with Crippen LogP contribution in [0.4, 0.5) is 11.5 Å². The number of imidazole rings is 1. The number of hydrogen-bond donors (Lipinski definition) is 1. The molecular formula is C20H19N3O2S. The predicted molar refractivity (Wildman–Crippen MR) is 106 cm³/mol. The van der Waals surface area contributed by atoms with Gasteiger partial charge in [-0.1, -0.05) is 12.1 Å². The summed E-state index contributed by atoms with van der Waals surface area (Å²) in [6.45, 7) is 2.07. The SMILES string of the molecule is COc1ccc(OC)c(Nc2c(-c3cccs3)nc3ccc(C)cn23)c1. The van der Waals surface area contributed by atoms with Crippen molar-refractivity contribution >= 4 is 28.5 Å². The molecule has 26 heavy (non-hydrogen) atoms. The van der Waals surface area contributed by atoms with Crippen LogP contribution in [0.5, 0.6) is 11.5 Å². The first-order valence-electron chi connectivity index (χ1n) is 8.21. The van der Waals surface area contributed by atoms with Gasteiger partial charge in [0.05, 0.1) is 24.8 Å². The van der Waals surface area contributed by atoms with E-state index in [4.69, 9.17) is 14.5 Å². The minimum absolute atomic E-state index is 0.741. The zero-order valence-electron chi connectivity index (χ0n) is 14.8. The first-order chi connectivity index (χ1) is 12.7. The van der Waals surface area contributed by atoms with Crippen molar-refractivity contribution in [3.63, 3.8) is 0 Å². The van der Waals surface area contributed by atoms with E-state index in [1.54, 1.807) is 25.6 Å². The highest BCUT2D eigenvalue weighted by Crippen LogP contribution is 2.37. The van der Waals surface area contributed by atoms with Crippen LogP contribution in [0.25, 0.3) is 16.2 Å². The first kappa shape index (κ1) is 16.5. The van der Waals surface area contributed by atoms with Crippen LogP contribution in [0.15, 0.2) is 54.0 Å². The molecule has 0 atom stereocenters. The van der Waals surface area contributed by atoms with Crippen LogP contribution < -0.4 is 14.8 Å². The number of anilines is 2. The Morgan fingerprint density at radius 1 is 1.08 bits per heavy atom. The Morgan fingerprint density at radius 3 is 2.69 bits per heavy atom. The van der Waals surface area contributed by atoms with Gasteiger partial charge in [-0.25, -0.2) is 4.98 Å². The molecule has 0 aliphatic carbocycles. The number of pyridine rings is 1. The highest BCUT2D eigenvalue weighted by atomic mass is 32.1. The van der Waals surface area contributed by atoms with Gasteiger partial charge in [-0.15, -0.1) is 11.3 Å². The molecule has 132 valence electrons. The van der Waals surface area contributed by atoms with Crippen molar-refractivity contribution in [2.75, 3.05) is 19.5 Å². The van der Waals surface area contributed by atoms with Crippen LogP contribution in [-0.2, 0) is 0 Å². The van der Waals surface area contributed by atoms with E-state index in [9.17, 15) is 0 Å². The highest BCUT2D eigenvalue weighted by molar-refractivity contribution is 7.13. The first-order valence-corrected chi connectivity index (χ1v) is 9.09. The summed E-state index contributed by atoms with van der Waals surface area (Å²) in [6, 6.07) is 13.9. The molecule has 0 aliphatic rings. The third-order valence-electron chi connectivity index (χ3n) is 4.18. The summed E-state index contributed by atoms with van der Waals surface area (Å²) in [5, 5.41) is 5.56. The van der Waals surface area contributed by atoms with Crippen molar-refractivity contribution in [3.8, 4) is 22.1 Å². The number of aryl methyl sites for hydroxylation is 1. The number of thiophene rings is 1. The molecule has 0 radical (unpaired) electrons. The second-order valence-electron chi connectivity index (χ2n) is 5.91. The molecule has 0 saturated carbocycles. The Bertz CT molecular complexity index is 1050. The summed E-state index contributed by atoms with van der Waals surface area (Å²) < 4.78 is 13.0. The number of methoxy groups -OCH3 is 2. The zero-order valence-corrected chi connectivity index (χ0v) is 15.6. The van der Waals surface area contributed by atoms with E-state index in [1.165, 1.54) is 0 Å². The average Bonchev–Trinajstić information content (AvgIpc) is 3.30. The molecule has 5 nitrogen and oxygen atoms in total. The topological polar surface area (TPSA) is 47.8 Å². The second-order valence-corrected chi connectivity index (χ2v) is 6.86. The second kappa shape index (κ2) is 6.72. The molecular weight excluding hydrogens is 346 g/mol. The van der Waals surface area contributed by atoms with E-state index in [2.05, 4.69) is 40.4 Å². The summed E-state index contributed by atoms with van der Waals surface area (Å²) in [5.41, 5.74) is 3.79. The van der Waals surface area contributed by atoms with Crippen molar-refractivity contribution in [3.05, 3.63) is 59.6 Å². The van der Waals surface area contributed by atoms with Gasteiger partial charge in [-0.05, 0) is 42.1 Å². The Hall–Kier alpha value is -2.99. The van der Waals surface area contributed by atoms with E-state index in [0.717, 1.165) is 44.8 Å². The number of rotatable bonds is 5. The van der Waals surface area contributed by atoms with Crippen LogP contribution >= 0.6 is 11.3 Å². The molecule has 0 unspecified atom stereocenters. The summed E-state index contributed by atoms with van der Waals surface area (Å²) in [6.07, 6.45) is 2.08. The normalized spacial score (nSPS) is 10.9. The molecule has 1 N–H and O–H groups in total. The number of nitrogens with zero attached hydrogens (tertiary/aromatic N) is 2. The molecule has 0 aliphatic heterocycles. The minimum Gasteiger partial charge on any atom is -0.497 e. The molecule has 0 bridgehead atoms. The van der Waals surface area contributed by atoms with Gasteiger partial charge in [-0.2, -0.15) is 0 Å². The lowest BCUT2D eigenvalue weighted by molar-refractivity contribution is 0.405. The number of fused-ring (bicyclic) bond motifs is 1. The van der Waals surface area contributed by atoms with Crippen molar-refractivity contribution in [2.45, 2.75) is 6.92 Å². The number of hydrogen-bond acceptors (Lipinski definition) is 5. The van der Waals surface area contributed by atoms with Gasteiger partial charge in [0, 0.05) is 12.3 Å². The predicted octanol–water partition coefficient (Wildman–Crippen LogP) is 5.13. The minimum atomic E-state index is 0.741. The van der Waals surface area contributed by atoms with Gasteiger partial charge in [0.2, 0.25) is 0 Å². The van der Waals surface area contributed by atoms with Gasteiger partial charge in [0.15, 0.2) is 0 Å². The molecule has 3 heterocycles. The maximum absolute atomic E-state index is 5.51. The van der Waals surface area contributed by atoms with Crippen LogP contribution in [-0.4, -0.2) is 23.6 Å². The lowest BCUT2D eigenvalue weighted by Crippen LogP contribution is -2.00. The molecule has 0 amide bonds. The van der Waals surface area contributed by atoms with Gasteiger partial charge in [-0.3, -0.25) is 4.40 Å². The Morgan fingerprint density at radius 2 is 1.96 bits per heavy atom. The van der Waals surface area contributed by atoms with Crippen LogP contribution in [0, 0.1) is 6.92 Å². The Balaban J connectivity index is 1.90. The maximum atomic E-state index is 5.51. The molecule has 6 heteroatoms. The van der Waals surface area contributed by atoms with E-state index in [0.29, 0.717) is 0 Å². The summed E-state index contributed by atoms with van der Waals surface area (Å²) in [7, 11) is 3.31. The molecule has 0 spiro atoms. The Labute approximate surface area is 155 Å². The summed E-state index contributed by atoms with van der Waals surface area (Å²) >= 11 is 1.67. The largest absolute Gasteiger partial charge is 0.497 e. The van der Waals surface area contributed by atoms with Gasteiger partial charge >= 0.3 is 0 Å². The van der Waals surface area contributed by atoms with E-state index in [1.807, 2.05) is 30.3 Å². The van der Waals surface area contributed by atoms with Crippen LogP contribution in [0.2, 0.25) is 0 Å². The maximum Gasteiger partial charge on any atom is 0.144 e. The van der Waals surface area contributed by atoms with Gasteiger partial charge < -0.3 is 14.8 Å². The molecule has 0 fully saturated rings. The van der Waals surface area contributed by atoms with Crippen molar-refractivity contribution in [1.29, 1.82) is 0 Å². The quantitative estimate of drug-likeness (QED) is 0.532. The molecule has 4 aromatic rings.